The first-order valence-electron chi connectivity index (χ1n) is 5.48. The summed E-state index contributed by atoms with van der Waals surface area (Å²) in [5.74, 6) is 0.728. The van der Waals surface area contributed by atoms with Gasteiger partial charge in [0, 0.05) is 11.1 Å². The second kappa shape index (κ2) is 5.15. The molecule has 2 aromatic carbocycles. The first-order valence-corrected chi connectivity index (χ1v) is 5.48. The third-order valence-electron chi connectivity index (χ3n) is 2.66. The van der Waals surface area contributed by atoms with Crippen LogP contribution >= 0.6 is 0 Å². The minimum atomic E-state index is 0.415. The molecule has 3 nitrogen and oxygen atoms in total. The molecule has 0 atom stereocenters. The van der Waals surface area contributed by atoms with Crippen molar-refractivity contribution < 1.29 is 4.74 Å². The maximum absolute atomic E-state index is 8.73. The van der Waals surface area contributed by atoms with Crippen molar-refractivity contribution >= 4 is 5.71 Å². The number of rotatable bonds is 3. The van der Waals surface area contributed by atoms with Gasteiger partial charge in [0.15, 0.2) is 0 Å². The Hall–Kier alpha value is -2.60. The van der Waals surface area contributed by atoms with E-state index in [9.17, 15) is 0 Å². The maximum atomic E-state index is 8.73. The summed E-state index contributed by atoms with van der Waals surface area (Å²) in [6.45, 7) is 0. The number of nitriles is 1. The van der Waals surface area contributed by atoms with E-state index < -0.39 is 0 Å². The lowest BCUT2D eigenvalue weighted by Gasteiger charge is -2.06. The van der Waals surface area contributed by atoms with Crippen molar-refractivity contribution in [3.63, 3.8) is 0 Å². The summed E-state index contributed by atoms with van der Waals surface area (Å²) in [7, 11) is 1.60. The molecule has 0 amide bonds. The average Bonchev–Trinajstić information content (AvgIpc) is 2.46. The molecule has 0 radical (unpaired) electrons. The molecular weight excluding hydrogens is 224 g/mol. The van der Waals surface area contributed by atoms with Gasteiger partial charge in [0.25, 0.3) is 0 Å². The molecule has 18 heavy (non-hydrogen) atoms. The van der Waals surface area contributed by atoms with Gasteiger partial charge in [0.2, 0.25) is 0 Å². The summed E-state index contributed by atoms with van der Waals surface area (Å²) >= 11 is 0. The molecule has 3 heteroatoms. The lowest BCUT2D eigenvalue weighted by Crippen LogP contribution is -2.01. The molecule has 0 heterocycles. The molecule has 88 valence electrons. The molecule has 0 saturated heterocycles. The molecule has 2 rings (SSSR count). The lowest BCUT2D eigenvalue weighted by molar-refractivity contribution is 0.414. The summed E-state index contributed by atoms with van der Waals surface area (Å²) in [6, 6.07) is 16.4. The molecule has 0 aliphatic carbocycles. The second-order valence-electron chi connectivity index (χ2n) is 3.80. The summed E-state index contributed by atoms with van der Waals surface area (Å²) in [4.78, 5) is 0. The van der Waals surface area contributed by atoms with Gasteiger partial charge in [-0.05, 0) is 24.3 Å². The van der Waals surface area contributed by atoms with Crippen molar-refractivity contribution in [3.05, 3.63) is 65.2 Å². The van der Waals surface area contributed by atoms with E-state index in [1.54, 1.807) is 31.4 Å². The van der Waals surface area contributed by atoms with E-state index in [1.807, 2.05) is 24.3 Å². The van der Waals surface area contributed by atoms with Gasteiger partial charge >= 0.3 is 0 Å². The van der Waals surface area contributed by atoms with Crippen molar-refractivity contribution in [2.24, 2.45) is 0 Å². The van der Waals surface area contributed by atoms with Gasteiger partial charge in [-0.2, -0.15) is 5.26 Å². The van der Waals surface area contributed by atoms with Gasteiger partial charge in [0.1, 0.15) is 5.75 Å². The van der Waals surface area contributed by atoms with Crippen LogP contribution in [0.5, 0.6) is 5.75 Å². The molecular formula is C15H12N2O. The van der Waals surface area contributed by atoms with Crippen LogP contribution in [0, 0.1) is 16.7 Å². The monoisotopic (exact) mass is 236 g/mol. The fourth-order valence-electron chi connectivity index (χ4n) is 1.66. The van der Waals surface area contributed by atoms with E-state index >= 15 is 0 Å². The quantitative estimate of drug-likeness (QED) is 0.833. The van der Waals surface area contributed by atoms with E-state index in [0.29, 0.717) is 11.3 Å². The van der Waals surface area contributed by atoms with E-state index in [-0.39, 0.29) is 0 Å². The molecule has 0 bridgehead atoms. The molecule has 0 aliphatic rings. The fraction of sp³-hybridized carbons (Fsp3) is 0.0667. The molecule has 0 fully saturated rings. The zero-order valence-corrected chi connectivity index (χ0v) is 9.97. The third-order valence-corrected chi connectivity index (χ3v) is 2.66. The van der Waals surface area contributed by atoms with Gasteiger partial charge in [0.05, 0.1) is 24.5 Å². The molecule has 2 aromatic rings. The van der Waals surface area contributed by atoms with Crippen LogP contribution in [0.25, 0.3) is 0 Å². The normalized spacial score (nSPS) is 9.56. The Labute approximate surface area is 106 Å². The number of methoxy groups -OCH3 is 1. The Morgan fingerprint density at radius 1 is 1.11 bits per heavy atom. The maximum Gasteiger partial charge on any atom is 0.119 e. The smallest absolute Gasteiger partial charge is 0.119 e. The van der Waals surface area contributed by atoms with Crippen LogP contribution in [0.3, 0.4) is 0 Å². The van der Waals surface area contributed by atoms with Crippen molar-refractivity contribution in [1.29, 1.82) is 10.7 Å². The predicted octanol–water partition coefficient (Wildman–Crippen LogP) is 2.98. The number of ether oxygens (including phenoxy) is 1. The van der Waals surface area contributed by atoms with Gasteiger partial charge in [-0.15, -0.1) is 0 Å². The van der Waals surface area contributed by atoms with Crippen LogP contribution in [0.2, 0.25) is 0 Å². The summed E-state index contributed by atoms with van der Waals surface area (Å²) in [5, 5.41) is 16.9. The SMILES string of the molecule is COc1cccc(C(=N)c2ccc(C#N)cc2)c1. The second-order valence-corrected chi connectivity index (χ2v) is 3.80. The topological polar surface area (TPSA) is 56.9 Å². The Bertz CT molecular complexity index is 609. The minimum absolute atomic E-state index is 0.415. The van der Waals surface area contributed by atoms with E-state index in [1.165, 1.54) is 0 Å². The van der Waals surface area contributed by atoms with Gasteiger partial charge in [-0.1, -0.05) is 24.3 Å². The summed E-state index contributed by atoms with van der Waals surface area (Å²) in [6.07, 6.45) is 0. The molecule has 0 spiro atoms. The van der Waals surface area contributed by atoms with Gasteiger partial charge < -0.3 is 4.74 Å². The van der Waals surface area contributed by atoms with Crippen LogP contribution in [0.15, 0.2) is 48.5 Å². The van der Waals surface area contributed by atoms with Gasteiger partial charge in [-0.25, -0.2) is 0 Å². The van der Waals surface area contributed by atoms with Crippen LogP contribution in [0.4, 0.5) is 0 Å². The zero-order chi connectivity index (χ0) is 13.0. The molecule has 0 aromatic heterocycles. The Morgan fingerprint density at radius 2 is 1.83 bits per heavy atom. The standard InChI is InChI=1S/C15H12N2O/c1-18-14-4-2-3-13(9-14)15(17)12-7-5-11(10-16)6-8-12/h2-9,17H,1H3. The van der Waals surface area contributed by atoms with Crippen molar-refractivity contribution in [1.82, 2.24) is 0 Å². The molecule has 1 N–H and O–H groups in total. The molecule has 0 aliphatic heterocycles. The number of nitrogens with one attached hydrogen (secondary N) is 1. The van der Waals surface area contributed by atoms with Crippen LogP contribution in [0.1, 0.15) is 16.7 Å². The Balaban J connectivity index is 2.32. The van der Waals surface area contributed by atoms with E-state index in [4.69, 9.17) is 15.4 Å². The fourth-order valence-corrected chi connectivity index (χ4v) is 1.66. The summed E-state index contributed by atoms with van der Waals surface area (Å²) < 4.78 is 5.14. The highest BCUT2D eigenvalue weighted by Crippen LogP contribution is 2.16. The number of benzene rings is 2. The highest BCUT2D eigenvalue weighted by Gasteiger charge is 2.05. The van der Waals surface area contributed by atoms with Crippen molar-refractivity contribution in [2.45, 2.75) is 0 Å². The van der Waals surface area contributed by atoms with Crippen LogP contribution < -0.4 is 4.74 Å². The van der Waals surface area contributed by atoms with Crippen molar-refractivity contribution in [2.75, 3.05) is 7.11 Å². The highest BCUT2D eigenvalue weighted by molar-refractivity contribution is 6.11. The van der Waals surface area contributed by atoms with Gasteiger partial charge in [-0.3, -0.25) is 5.41 Å². The zero-order valence-electron chi connectivity index (χ0n) is 9.97. The van der Waals surface area contributed by atoms with Crippen molar-refractivity contribution in [3.8, 4) is 11.8 Å². The summed E-state index contributed by atoms with van der Waals surface area (Å²) in [5.41, 5.74) is 2.58. The average molecular weight is 236 g/mol. The minimum Gasteiger partial charge on any atom is -0.497 e. The van der Waals surface area contributed by atoms with Crippen LogP contribution in [-0.4, -0.2) is 12.8 Å². The Kier molecular flexibility index (Phi) is 3.40. The number of hydrogen-bond acceptors (Lipinski definition) is 3. The molecule has 0 saturated carbocycles. The first-order chi connectivity index (χ1) is 8.74. The Morgan fingerprint density at radius 3 is 2.44 bits per heavy atom. The largest absolute Gasteiger partial charge is 0.497 e. The van der Waals surface area contributed by atoms with Crippen LogP contribution in [-0.2, 0) is 0 Å². The predicted molar refractivity (Wildman–Crippen MR) is 70.1 cm³/mol. The third kappa shape index (κ3) is 2.38. The lowest BCUT2D eigenvalue weighted by atomic mass is 10.0. The first kappa shape index (κ1) is 11.9. The number of nitrogens with zero attached hydrogens (tertiary/aromatic N) is 1. The number of hydrogen-bond donors (Lipinski definition) is 1. The van der Waals surface area contributed by atoms with E-state index in [0.717, 1.165) is 16.9 Å². The highest BCUT2D eigenvalue weighted by atomic mass is 16.5. The molecule has 0 unspecified atom stereocenters. The van der Waals surface area contributed by atoms with E-state index in [2.05, 4.69) is 6.07 Å².